The Kier molecular flexibility index (Phi) is 5.28. The van der Waals surface area contributed by atoms with Gasteiger partial charge in [0.25, 0.3) is 0 Å². The lowest BCUT2D eigenvalue weighted by Crippen LogP contribution is -2.26. The van der Waals surface area contributed by atoms with Gasteiger partial charge in [0.1, 0.15) is 10.6 Å². The van der Waals surface area contributed by atoms with Gasteiger partial charge in [0.05, 0.1) is 0 Å². The van der Waals surface area contributed by atoms with Crippen molar-refractivity contribution in [2.75, 3.05) is 0 Å². The van der Waals surface area contributed by atoms with E-state index in [0.29, 0.717) is 12.1 Å². The van der Waals surface area contributed by atoms with Crippen molar-refractivity contribution in [1.29, 1.82) is 0 Å². The van der Waals surface area contributed by atoms with Crippen molar-refractivity contribution in [3.8, 4) is 5.75 Å². The lowest BCUT2D eigenvalue weighted by atomic mass is 10.2. The van der Waals surface area contributed by atoms with E-state index in [2.05, 4.69) is 4.74 Å². The smallest absolute Gasteiger partial charge is 0.405 e. The number of sulfonamides is 1. The van der Waals surface area contributed by atoms with Gasteiger partial charge < -0.3 is 4.74 Å². The highest BCUT2D eigenvalue weighted by Gasteiger charge is 2.32. The zero-order valence-corrected chi connectivity index (χ0v) is 12.9. The molecule has 0 fully saturated rings. The van der Waals surface area contributed by atoms with Crippen LogP contribution in [-0.4, -0.2) is 14.8 Å². The Bertz CT molecular complexity index is 883. The molecule has 2 aromatic carbocycles. The lowest BCUT2D eigenvalue weighted by Gasteiger charge is -2.14. The molecule has 1 N–H and O–H groups in total. The quantitative estimate of drug-likeness (QED) is 0.633. The van der Waals surface area contributed by atoms with Crippen molar-refractivity contribution in [2.45, 2.75) is 17.8 Å². The number of para-hydroxylation sites is 1. The van der Waals surface area contributed by atoms with Crippen LogP contribution in [-0.2, 0) is 16.6 Å². The lowest BCUT2D eigenvalue weighted by molar-refractivity contribution is -0.274. The molecule has 0 spiro atoms. The summed E-state index contributed by atoms with van der Waals surface area (Å²) >= 11 is 0. The van der Waals surface area contributed by atoms with Gasteiger partial charge in [0, 0.05) is 12.1 Å². The van der Waals surface area contributed by atoms with E-state index in [4.69, 9.17) is 0 Å². The Morgan fingerprint density at radius 2 is 1.60 bits per heavy atom. The summed E-state index contributed by atoms with van der Waals surface area (Å²) in [7, 11) is -4.66. The van der Waals surface area contributed by atoms with Crippen LogP contribution < -0.4 is 9.46 Å². The average Bonchev–Trinajstić information content (AvgIpc) is 2.50. The van der Waals surface area contributed by atoms with Crippen LogP contribution in [0.15, 0.2) is 41.3 Å². The van der Waals surface area contributed by atoms with Crippen LogP contribution in [0.5, 0.6) is 5.75 Å². The third-order valence-corrected chi connectivity index (χ3v) is 4.36. The van der Waals surface area contributed by atoms with E-state index in [0.717, 1.165) is 12.1 Å². The molecule has 0 aromatic heterocycles. The fourth-order valence-corrected chi connectivity index (χ4v) is 2.91. The summed E-state index contributed by atoms with van der Waals surface area (Å²) < 4.78 is 106. The largest absolute Gasteiger partial charge is 0.573 e. The van der Waals surface area contributed by atoms with Gasteiger partial charge in [-0.2, -0.15) is 0 Å². The van der Waals surface area contributed by atoms with Crippen LogP contribution in [0, 0.1) is 17.5 Å². The van der Waals surface area contributed by atoms with Gasteiger partial charge in [-0.1, -0.05) is 18.2 Å². The van der Waals surface area contributed by atoms with E-state index < -0.39 is 51.0 Å². The number of alkyl halides is 3. The van der Waals surface area contributed by atoms with E-state index in [1.807, 2.05) is 0 Å². The Morgan fingerprint density at radius 1 is 0.960 bits per heavy atom. The predicted molar refractivity (Wildman–Crippen MR) is 73.5 cm³/mol. The van der Waals surface area contributed by atoms with Crippen molar-refractivity contribution >= 4 is 10.0 Å². The van der Waals surface area contributed by atoms with Crippen molar-refractivity contribution < 1.29 is 39.5 Å². The maximum absolute atomic E-state index is 13.6. The number of ether oxygens (including phenoxy) is 1. The molecule has 0 amide bonds. The summed E-state index contributed by atoms with van der Waals surface area (Å²) in [5.41, 5.74) is -0.202. The number of halogens is 6. The van der Waals surface area contributed by atoms with Crippen LogP contribution in [0.25, 0.3) is 0 Å². The Morgan fingerprint density at radius 3 is 2.24 bits per heavy atom. The molecule has 2 aromatic rings. The minimum absolute atomic E-state index is 0.202. The number of rotatable bonds is 5. The predicted octanol–water partition coefficient (Wildman–Crippen LogP) is 3.48. The van der Waals surface area contributed by atoms with Crippen molar-refractivity contribution in [3.05, 3.63) is 59.4 Å². The first-order valence-electron chi connectivity index (χ1n) is 6.48. The van der Waals surface area contributed by atoms with Crippen LogP contribution in [0.1, 0.15) is 5.56 Å². The zero-order valence-electron chi connectivity index (χ0n) is 12.1. The second-order valence-electron chi connectivity index (χ2n) is 4.65. The third kappa shape index (κ3) is 4.63. The zero-order chi connectivity index (χ0) is 18.8. The molecule has 0 aliphatic rings. The van der Waals surface area contributed by atoms with Crippen LogP contribution >= 0.6 is 0 Å². The molecule has 0 unspecified atom stereocenters. The van der Waals surface area contributed by atoms with Crippen LogP contribution in [0.2, 0.25) is 0 Å². The molecule has 0 bridgehead atoms. The standard InChI is InChI=1S/C14H9F6NO3S/c15-9-5-6-11(13(17)12(9)16)25(22,23)21-7-8-3-1-2-4-10(8)24-14(18,19)20/h1-6,21H,7H2. The van der Waals surface area contributed by atoms with E-state index in [-0.39, 0.29) is 5.56 Å². The van der Waals surface area contributed by atoms with Crippen LogP contribution in [0.4, 0.5) is 26.3 Å². The van der Waals surface area contributed by atoms with E-state index >= 15 is 0 Å². The van der Waals surface area contributed by atoms with Gasteiger partial charge in [0.15, 0.2) is 17.5 Å². The Labute approximate surface area is 138 Å². The molecule has 0 aliphatic heterocycles. The maximum atomic E-state index is 13.6. The molecule has 0 aliphatic carbocycles. The fraction of sp³-hybridized carbons (Fsp3) is 0.143. The summed E-state index contributed by atoms with van der Waals surface area (Å²) in [5.74, 6) is -6.17. The number of hydrogen-bond donors (Lipinski definition) is 1. The maximum Gasteiger partial charge on any atom is 0.573 e. The van der Waals surface area contributed by atoms with Gasteiger partial charge in [-0.25, -0.2) is 26.3 Å². The molecule has 0 saturated carbocycles. The number of hydrogen-bond acceptors (Lipinski definition) is 3. The summed E-state index contributed by atoms with van der Waals surface area (Å²) in [6.07, 6.45) is -5.00. The SMILES string of the molecule is O=S(=O)(NCc1ccccc1OC(F)(F)F)c1ccc(F)c(F)c1F. The van der Waals surface area contributed by atoms with E-state index in [1.54, 1.807) is 4.72 Å². The molecule has 11 heteroatoms. The molecule has 0 saturated heterocycles. The van der Waals surface area contributed by atoms with Crippen molar-refractivity contribution in [1.82, 2.24) is 4.72 Å². The Balaban J connectivity index is 2.26. The van der Waals surface area contributed by atoms with Gasteiger partial charge in [-0.05, 0) is 18.2 Å². The summed E-state index contributed by atoms with van der Waals surface area (Å²) in [6.45, 7) is -0.701. The Hall–Kier alpha value is -2.27. The minimum atomic E-state index is -5.00. The van der Waals surface area contributed by atoms with Crippen LogP contribution in [0.3, 0.4) is 0 Å². The molecule has 0 heterocycles. The highest BCUT2D eigenvalue weighted by atomic mass is 32.2. The summed E-state index contributed by atoms with van der Waals surface area (Å²) in [4.78, 5) is -1.18. The first kappa shape index (κ1) is 19.1. The summed E-state index contributed by atoms with van der Waals surface area (Å²) in [6, 6.07) is 5.56. The molecule has 2 rings (SSSR count). The number of benzene rings is 2. The molecular weight excluding hydrogens is 376 g/mol. The van der Waals surface area contributed by atoms with Crippen molar-refractivity contribution in [2.24, 2.45) is 0 Å². The highest BCUT2D eigenvalue weighted by Crippen LogP contribution is 2.27. The van der Waals surface area contributed by atoms with Crippen molar-refractivity contribution in [3.63, 3.8) is 0 Å². The minimum Gasteiger partial charge on any atom is -0.405 e. The van der Waals surface area contributed by atoms with E-state index in [1.165, 1.54) is 12.1 Å². The third-order valence-electron chi connectivity index (χ3n) is 2.94. The second-order valence-corrected chi connectivity index (χ2v) is 6.39. The first-order valence-corrected chi connectivity index (χ1v) is 7.96. The van der Waals surface area contributed by atoms with E-state index in [9.17, 15) is 34.8 Å². The molecule has 0 atom stereocenters. The average molecular weight is 385 g/mol. The van der Waals surface area contributed by atoms with Gasteiger partial charge in [0.2, 0.25) is 10.0 Å². The molecule has 4 nitrogen and oxygen atoms in total. The normalized spacial score (nSPS) is 12.2. The first-order chi connectivity index (χ1) is 11.5. The molecule has 0 radical (unpaired) electrons. The second kappa shape index (κ2) is 6.92. The molecule has 25 heavy (non-hydrogen) atoms. The molecule has 136 valence electrons. The van der Waals surface area contributed by atoms with Gasteiger partial charge >= 0.3 is 6.36 Å². The van der Waals surface area contributed by atoms with Gasteiger partial charge in [-0.15, -0.1) is 13.2 Å². The monoisotopic (exact) mass is 385 g/mol. The van der Waals surface area contributed by atoms with Gasteiger partial charge in [-0.3, -0.25) is 0 Å². The topological polar surface area (TPSA) is 55.4 Å². The molecular formula is C14H9F6NO3S. The fourth-order valence-electron chi connectivity index (χ4n) is 1.84. The number of nitrogens with one attached hydrogen (secondary N) is 1. The summed E-state index contributed by atoms with van der Waals surface area (Å²) in [5, 5.41) is 0. The highest BCUT2D eigenvalue weighted by molar-refractivity contribution is 7.89.